The summed E-state index contributed by atoms with van der Waals surface area (Å²) in [7, 11) is 0. The number of carboxylic acid groups (broad SMARTS) is 1. The fourth-order valence-electron chi connectivity index (χ4n) is 3.96. The van der Waals surface area contributed by atoms with Gasteiger partial charge in [-0.15, -0.1) is 0 Å². The van der Waals surface area contributed by atoms with Gasteiger partial charge in [0.25, 0.3) is 0 Å². The van der Waals surface area contributed by atoms with Crippen LogP contribution >= 0.6 is 0 Å². The Hall–Kier alpha value is -4.40. The molecule has 1 unspecified atom stereocenters. The molecule has 3 N–H and O–H groups in total. The van der Waals surface area contributed by atoms with Crippen LogP contribution in [0.25, 0.3) is 39.4 Å². The molecule has 0 spiro atoms. The van der Waals surface area contributed by atoms with Crippen LogP contribution in [-0.2, 0) is 0 Å². The van der Waals surface area contributed by atoms with Crippen molar-refractivity contribution in [3.8, 4) is 33.8 Å². The first-order valence-corrected chi connectivity index (χ1v) is 10.6. The van der Waals surface area contributed by atoms with Crippen LogP contribution in [0.5, 0.6) is 0 Å². The number of imidazole rings is 1. The third-order valence-corrected chi connectivity index (χ3v) is 5.87. The number of fused-ring (bicyclic) bond motifs is 1. The third kappa shape index (κ3) is 3.53. The maximum absolute atomic E-state index is 11.9. The number of aromatic amines is 2. The molecular formula is C24H21N5O4. The zero-order valence-corrected chi connectivity index (χ0v) is 18.0. The molecule has 33 heavy (non-hydrogen) atoms. The van der Waals surface area contributed by atoms with Crippen molar-refractivity contribution >= 4 is 11.6 Å². The number of carboxylic acids is 1. The largest absolute Gasteiger partial charge is 0.477 e. The number of H-pyrrole nitrogens is 2. The highest BCUT2D eigenvalue weighted by Crippen LogP contribution is 2.32. The quantitative estimate of drug-likeness (QED) is 0.353. The Morgan fingerprint density at radius 2 is 1.79 bits per heavy atom. The lowest BCUT2D eigenvalue weighted by atomic mass is 9.98. The molecule has 3 aromatic heterocycles. The molecule has 1 atom stereocenters. The van der Waals surface area contributed by atoms with Crippen molar-refractivity contribution in [3.05, 3.63) is 76.5 Å². The number of carbonyl (C=O) groups is 1. The summed E-state index contributed by atoms with van der Waals surface area (Å²) < 4.78 is 6.39. The van der Waals surface area contributed by atoms with E-state index in [-0.39, 0.29) is 11.5 Å². The molecule has 9 heteroatoms. The van der Waals surface area contributed by atoms with E-state index in [4.69, 9.17) is 4.52 Å². The fourth-order valence-corrected chi connectivity index (χ4v) is 3.96. The van der Waals surface area contributed by atoms with Gasteiger partial charge in [-0.25, -0.2) is 19.1 Å². The van der Waals surface area contributed by atoms with Gasteiger partial charge >= 0.3 is 11.7 Å². The van der Waals surface area contributed by atoms with E-state index < -0.39 is 11.7 Å². The molecule has 5 aromatic rings. The van der Waals surface area contributed by atoms with Crippen LogP contribution in [0.15, 0.2) is 64.0 Å². The van der Waals surface area contributed by atoms with Crippen molar-refractivity contribution in [1.29, 1.82) is 0 Å². The van der Waals surface area contributed by atoms with Crippen molar-refractivity contribution in [2.45, 2.75) is 26.2 Å². The first-order chi connectivity index (χ1) is 16.0. The fraction of sp³-hybridized carbons (Fsp3) is 0.167. The van der Waals surface area contributed by atoms with Gasteiger partial charge in [-0.05, 0) is 23.5 Å². The minimum atomic E-state index is -0.994. The molecule has 0 aliphatic carbocycles. The molecular weight excluding hydrogens is 422 g/mol. The lowest BCUT2D eigenvalue weighted by Gasteiger charge is -2.08. The average molecular weight is 443 g/mol. The number of rotatable bonds is 6. The molecule has 0 fully saturated rings. The smallest absolute Gasteiger partial charge is 0.460 e. The van der Waals surface area contributed by atoms with Crippen molar-refractivity contribution in [1.82, 2.24) is 24.7 Å². The van der Waals surface area contributed by atoms with Gasteiger partial charge in [-0.2, -0.15) is 10.1 Å². The Kier molecular flexibility index (Phi) is 4.93. The number of hydrogen-bond acceptors (Lipinski definition) is 5. The predicted octanol–water partition coefficient (Wildman–Crippen LogP) is 4.55. The molecule has 166 valence electrons. The van der Waals surface area contributed by atoms with Crippen LogP contribution in [0.1, 0.15) is 42.2 Å². The monoisotopic (exact) mass is 443 g/mol. The predicted molar refractivity (Wildman–Crippen MR) is 122 cm³/mol. The van der Waals surface area contributed by atoms with E-state index in [1.54, 1.807) is 10.7 Å². The highest BCUT2D eigenvalue weighted by molar-refractivity contribution is 5.96. The molecule has 0 aliphatic rings. The number of nitrogens with zero attached hydrogens (tertiary/aromatic N) is 3. The summed E-state index contributed by atoms with van der Waals surface area (Å²) in [6, 6.07) is 15.3. The molecule has 0 radical (unpaired) electrons. The summed E-state index contributed by atoms with van der Waals surface area (Å²) in [4.78, 5) is 31.7. The maximum atomic E-state index is 11.9. The number of benzene rings is 2. The van der Waals surface area contributed by atoms with E-state index in [0.29, 0.717) is 22.9 Å². The molecule has 0 saturated carbocycles. The Labute approximate surface area is 187 Å². The zero-order chi connectivity index (χ0) is 23.1. The minimum Gasteiger partial charge on any atom is -0.477 e. The summed E-state index contributed by atoms with van der Waals surface area (Å²) >= 11 is 0. The summed E-state index contributed by atoms with van der Waals surface area (Å²) in [5.74, 6) is -1.23. The third-order valence-electron chi connectivity index (χ3n) is 5.87. The second-order valence-electron chi connectivity index (χ2n) is 7.89. The number of aromatic carboxylic acids is 1. The van der Waals surface area contributed by atoms with Crippen LogP contribution in [0, 0.1) is 0 Å². The van der Waals surface area contributed by atoms with Gasteiger partial charge < -0.3 is 9.63 Å². The van der Waals surface area contributed by atoms with Crippen LogP contribution in [0.2, 0.25) is 0 Å². The lowest BCUT2D eigenvalue weighted by molar-refractivity contribution is 0.0697. The molecule has 0 amide bonds. The average Bonchev–Trinajstić information content (AvgIpc) is 3.52. The molecule has 0 bridgehead atoms. The van der Waals surface area contributed by atoms with Gasteiger partial charge in [-0.3, -0.25) is 5.10 Å². The standard InChI is InChI=1S/C24H21N5O4/c1-3-13(2)20-19(23(30)31)22-25-18(12-29(22)27-20)15-10-8-14(9-11-15)16-6-4-5-7-17(16)21-26-24(32)33-28-21/h4-13,27H,3H2,1-2H3,(H,30,31)(H,26,28,32). The zero-order valence-electron chi connectivity index (χ0n) is 18.0. The van der Waals surface area contributed by atoms with Crippen LogP contribution in [0.4, 0.5) is 0 Å². The van der Waals surface area contributed by atoms with E-state index in [0.717, 1.165) is 28.7 Å². The molecule has 0 saturated heterocycles. The molecule has 0 aliphatic heterocycles. The molecule has 3 heterocycles. The van der Waals surface area contributed by atoms with Gasteiger partial charge in [0, 0.05) is 11.1 Å². The Morgan fingerprint density at radius 3 is 2.42 bits per heavy atom. The van der Waals surface area contributed by atoms with Crippen molar-refractivity contribution in [2.75, 3.05) is 0 Å². The lowest BCUT2D eigenvalue weighted by Crippen LogP contribution is -2.04. The Balaban J connectivity index is 1.52. The van der Waals surface area contributed by atoms with Gasteiger partial charge in [0.1, 0.15) is 5.56 Å². The summed E-state index contributed by atoms with van der Waals surface area (Å²) in [6.07, 6.45) is 2.62. The number of aromatic nitrogens is 5. The minimum absolute atomic E-state index is 0.0836. The van der Waals surface area contributed by atoms with E-state index in [9.17, 15) is 14.7 Å². The van der Waals surface area contributed by atoms with Gasteiger partial charge in [0.15, 0.2) is 11.5 Å². The Morgan fingerprint density at radius 1 is 1.09 bits per heavy atom. The Bertz CT molecular complexity index is 1520. The number of nitrogens with one attached hydrogen (secondary N) is 2. The second-order valence-corrected chi connectivity index (χ2v) is 7.89. The van der Waals surface area contributed by atoms with Crippen molar-refractivity contribution in [3.63, 3.8) is 0 Å². The first-order valence-electron chi connectivity index (χ1n) is 10.6. The van der Waals surface area contributed by atoms with Gasteiger partial charge in [0.05, 0.1) is 17.6 Å². The van der Waals surface area contributed by atoms with Crippen molar-refractivity contribution < 1.29 is 14.4 Å². The summed E-state index contributed by atoms with van der Waals surface area (Å²) in [5, 5.41) is 15.5. The topological polar surface area (TPSA) is 129 Å². The SMILES string of the molecule is CCC(C)c1[nH]n2cc(-c3ccc(-c4ccccc4-c4nc(=O)o[nH]4)cc3)nc2c1C(=O)O. The maximum Gasteiger partial charge on any atom is 0.460 e. The highest BCUT2D eigenvalue weighted by atomic mass is 16.5. The van der Waals surface area contributed by atoms with E-state index in [1.165, 1.54) is 0 Å². The highest BCUT2D eigenvalue weighted by Gasteiger charge is 2.24. The van der Waals surface area contributed by atoms with Crippen LogP contribution in [0.3, 0.4) is 0 Å². The summed E-state index contributed by atoms with van der Waals surface area (Å²) in [6.45, 7) is 4.01. The second kappa shape index (κ2) is 7.94. The van der Waals surface area contributed by atoms with Crippen LogP contribution < -0.4 is 5.76 Å². The van der Waals surface area contributed by atoms with Gasteiger partial charge in [-0.1, -0.05) is 62.4 Å². The number of hydrogen-bond donors (Lipinski definition) is 3. The molecule has 2 aromatic carbocycles. The molecule has 9 nitrogen and oxygen atoms in total. The van der Waals surface area contributed by atoms with E-state index in [2.05, 4.69) is 20.2 Å². The van der Waals surface area contributed by atoms with E-state index in [1.807, 2.05) is 62.4 Å². The van der Waals surface area contributed by atoms with Gasteiger partial charge in [0.2, 0.25) is 0 Å². The normalized spacial score (nSPS) is 12.3. The first kappa shape index (κ1) is 20.5. The van der Waals surface area contributed by atoms with Crippen molar-refractivity contribution in [2.24, 2.45) is 0 Å². The van der Waals surface area contributed by atoms with E-state index >= 15 is 0 Å². The summed E-state index contributed by atoms with van der Waals surface area (Å²) in [5.41, 5.74) is 5.36. The van der Waals surface area contributed by atoms with Crippen LogP contribution in [-0.4, -0.2) is 35.8 Å². The molecule has 5 rings (SSSR count).